The number of aromatic nitrogens is 1. The summed E-state index contributed by atoms with van der Waals surface area (Å²) in [6, 6.07) is 8.52. The van der Waals surface area contributed by atoms with Crippen molar-refractivity contribution in [1.29, 1.82) is 0 Å². The van der Waals surface area contributed by atoms with Crippen LogP contribution in [0, 0.1) is 0 Å². The Balaban J connectivity index is 1.39. The Labute approximate surface area is 167 Å². The van der Waals surface area contributed by atoms with E-state index in [0.717, 1.165) is 42.2 Å². The second kappa shape index (κ2) is 10.6. The number of hydrogen-bond acceptors (Lipinski definition) is 4. The highest BCUT2D eigenvalue weighted by atomic mass is 32.1. The van der Waals surface area contributed by atoms with Gasteiger partial charge in [-0.2, -0.15) is 0 Å². The summed E-state index contributed by atoms with van der Waals surface area (Å²) in [7, 11) is 0. The molecule has 0 aliphatic carbocycles. The standard InChI is InChI=1S/C22H31N3OS/c1-2-18-8-10-19(11-9-18)22-24-20(17-27-22)16-21(26)23-12-7-15-25-13-5-3-4-6-14-25/h8-11,17H,2-7,12-16H2,1H3,(H,23,26). The normalized spacial score (nSPS) is 15.4. The molecule has 0 spiro atoms. The van der Waals surface area contributed by atoms with Crippen LogP contribution in [0.3, 0.4) is 0 Å². The smallest absolute Gasteiger partial charge is 0.226 e. The Morgan fingerprint density at radius 2 is 1.89 bits per heavy atom. The zero-order valence-electron chi connectivity index (χ0n) is 16.4. The van der Waals surface area contributed by atoms with Crippen LogP contribution in [0.1, 0.15) is 50.3 Å². The highest BCUT2D eigenvalue weighted by Crippen LogP contribution is 2.24. The Morgan fingerprint density at radius 3 is 2.59 bits per heavy atom. The van der Waals surface area contributed by atoms with E-state index in [1.54, 1.807) is 11.3 Å². The molecule has 146 valence electrons. The highest BCUT2D eigenvalue weighted by Gasteiger charge is 2.10. The second-order valence-electron chi connectivity index (χ2n) is 7.33. The minimum absolute atomic E-state index is 0.0732. The van der Waals surface area contributed by atoms with E-state index in [1.165, 1.54) is 44.3 Å². The third-order valence-corrected chi connectivity index (χ3v) is 6.11. The summed E-state index contributed by atoms with van der Waals surface area (Å²) in [6.45, 7) is 6.44. The summed E-state index contributed by atoms with van der Waals surface area (Å²) in [5.41, 5.74) is 3.32. The van der Waals surface area contributed by atoms with Crippen molar-refractivity contribution >= 4 is 17.2 Å². The van der Waals surface area contributed by atoms with Gasteiger partial charge < -0.3 is 10.2 Å². The molecule has 0 saturated carbocycles. The van der Waals surface area contributed by atoms with Crippen molar-refractivity contribution in [2.45, 2.75) is 51.9 Å². The first-order valence-electron chi connectivity index (χ1n) is 10.3. The van der Waals surface area contributed by atoms with Gasteiger partial charge in [0.05, 0.1) is 12.1 Å². The lowest BCUT2D eigenvalue weighted by atomic mass is 10.1. The van der Waals surface area contributed by atoms with Crippen LogP contribution in [0.4, 0.5) is 0 Å². The van der Waals surface area contributed by atoms with Crippen LogP contribution >= 0.6 is 11.3 Å². The molecule has 0 radical (unpaired) electrons. The van der Waals surface area contributed by atoms with Gasteiger partial charge in [0.15, 0.2) is 0 Å². The summed E-state index contributed by atoms with van der Waals surface area (Å²) >= 11 is 1.61. The SMILES string of the molecule is CCc1ccc(-c2nc(CC(=O)NCCCN3CCCCCC3)cs2)cc1. The van der Waals surface area contributed by atoms with Crippen molar-refractivity contribution in [3.8, 4) is 10.6 Å². The first-order chi connectivity index (χ1) is 13.2. The van der Waals surface area contributed by atoms with Gasteiger partial charge in [-0.05, 0) is 50.9 Å². The maximum absolute atomic E-state index is 12.2. The van der Waals surface area contributed by atoms with Crippen molar-refractivity contribution in [2.75, 3.05) is 26.2 Å². The van der Waals surface area contributed by atoms with E-state index in [2.05, 4.69) is 46.4 Å². The monoisotopic (exact) mass is 385 g/mol. The van der Waals surface area contributed by atoms with Gasteiger partial charge in [0.1, 0.15) is 5.01 Å². The summed E-state index contributed by atoms with van der Waals surface area (Å²) in [4.78, 5) is 19.4. The fourth-order valence-corrected chi connectivity index (χ4v) is 4.35. The zero-order valence-corrected chi connectivity index (χ0v) is 17.2. The number of nitrogens with one attached hydrogen (secondary N) is 1. The van der Waals surface area contributed by atoms with Crippen molar-refractivity contribution in [3.05, 3.63) is 40.9 Å². The lowest BCUT2D eigenvalue weighted by Crippen LogP contribution is -2.31. The molecular weight excluding hydrogens is 354 g/mol. The molecule has 1 fully saturated rings. The number of thiazole rings is 1. The maximum Gasteiger partial charge on any atom is 0.226 e. The maximum atomic E-state index is 12.2. The van der Waals surface area contributed by atoms with E-state index in [0.29, 0.717) is 6.42 Å². The first-order valence-corrected chi connectivity index (χ1v) is 11.2. The van der Waals surface area contributed by atoms with Gasteiger partial charge in [-0.25, -0.2) is 4.98 Å². The number of amides is 1. The van der Waals surface area contributed by atoms with Crippen LogP contribution in [0.5, 0.6) is 0 Å². The summed E-state index contributed by atoms with van der Waals surface area (Å²) in [5, 5.41) is 6.04. The number of hydrogen-bond donors (Lipinski definition) is 1. The van der Waals surface area contributed by atoms with Gasteiger partial charge in [-0.3, -0.25) is 4.79 Å². The number of carbonyl (C=O) groups excluding carboxylic acids is 1. The molecule has 0 atom stereocenters. The molecule has 1 amide bonds. The van der Waals surface area contributed by atoms with Crippen LogP contribution in [-0.4, -0.2) is 42.0 Å². The lowest BCUT2D eigenvalue weighted by molar-refractivity contribution is -0.120. The first kappa shape index (κ1) is 20.0. The third kappa shape index (κ3) is 6.43. The molecule has 1 aromatic carbocycles. The third-order valence-electron chi connectivity index (χ3n) is 5.17. The number of aryl methyl sites for hydroxylation is 1. The molecule has 0 unspecified atom stereocenters. The number of nitrogens with zero attached hydrogens (tertiary/aromatic N) is 2. The number of benzene rings is 1. The Hall–Kier alpha value is -1.72. The van der Waals surface area contributed by atoms with Crippen LogP contribution in [0.2, 0.25) is 0 Å². The van der Waals surface area contributed by atoms with E-state index in [4.69, 9.17) is 0 Å². The Morgan fingerprint density at radius 1 is 1.15 bits per heavy atom. The van der Waals surface area contributed by atoms with Gasteiger partial charge in [-0.1, -0.05) is 44.0 Å². The largest absolute Gasteiger partial charge is 0.356 e. The Kier molecular flexibility index (Phi) is 7.84. The quantitative estimate of drug-likeness (QED) is 0.689. The molecule has 1 aromatic heterocycles. The van der Waals surface area contributed by atoms with Gasteiger partial charge in [0, 0.05) is 17.5 Å². The van der Waals surface area contributed by atoms with Gasteiger partial charge >= 0.3 is 0 Å². The highest BCUT2D eigenvalue weighted by molar-refractivity contribution is 7.13. The van der Waals surface area contributed by atoms with Crippen LogP contribution in [0.15, 0.2) is 29.6 Å². The van der Waals surface area contributed by atoms with Crippen LogP contribution in [0.25, 0.3) is 10.6 Å². The van der Waals surface area contributed by atoms with Gasteiger partial charge in [0.2, 0.25) is 5.91 Å². The zero-order chi connectivity index (χ0) is 18.9. The molecule has 1 aliphatic rings. The summed E-state index contributed by atoms with van der Waals surface area (Å²) in [5.74, 6) is 0.0732. The number of carbonyl (C=O) groups is 1. The minimum atomic E-state index is 0.0732. The van der Waals surface area contributed by atoms with E-state index >= 15 is 0 Å². The topological polar surface area (TPSA) is 45.2 Å². The predicted octanol–water partition coefficient (Wildman–Crippen LogP) is 4.30. The molecule has 0 bridgehead atoms. The average Bonchev–Trinajstić information content (AvgIpc) is 2.99. The van der Waals surface area contributed by atoms with E-state index in [-0.39, 0.29) is 5.91 Å². The minimum Gasteiger partial charge on any atom is -0.356 e. The molecule has 1 aliphatic heterocycles. The molecule has 2 aromatic rings. The second-order valence-corrected chi connectivity index (χ2v) is 8.19. The lowest BCUT2D eigenvalue weighted by Gasteiger charge is -2.19. The van der Waals surface area contributed by atoms with Crippen molar-refractivity contribution in [3.63, 3.8) is 0 Å². The molecule has 3 rings (SSSR count). The molecule has 1 N–H and O–H groups in total. The van der Waals surface area contributed by atoms with E-state index < -0.39 is 0 Å². The Bertz CT molecular complexity index is 703. The van der Waals surface area contributed by atoms with E-state index in [9.17, 15) is 4.79 Å². The fraction of sp³-hybridized carbons (Fsp3) is 0.545. The molecule has 2 heterocycles. The molecule has 5 heteroatoms. The molecule has 27 heavy (non-hydrogen) atoms. The van der Waals surface area contributed by atoms with Crippen molar-refractivity contribution in [1.82, 2.24) is 15.2 Å². The van der Waals surface area contributed by atoms with Crippen LogP contribution in [-0.2, 0) is 17.6 Å². The van der Waals surface area contributed by atoms with Crippen molar-refractivity contribution in [2.24, 2.45) is 0 Å². The fourth-order valence-electron chi connectivity index (χ4n) is 3.52. The number of rotatable bonds is 8. The van der Waals surface area contributed by atoms with Gasteiger partial charge in [0.25, 0.3) is 0 Å². The average molecular weight is 386 g/mol. The number of likely N-dealkylation sites (tertiary alicyclic amines) is 1. The van der Waals surface area contributed by atoms with Crippen LogP contribution < -0.4 is 5.32 Å². The van der Waals surface area contributed by atoms with Crippen molar-refractivity contribution < 1.29 is 4.79 Å². The summed E-state index contributed by atoms with van der Waals surface area (Å²) < 4.78 is 0. The van der Waals surface area contributed by atoms with E-state index in [1.807, 2.05) is 5.38 Å². The summed E-state index contributed by atoms with van der Waals surface area (Å²) in [6.07, 6.45) is 7.81. The predicted molar refractivity (Wildman–Crippen MR) is 113 cm³/mol. The molecular formula is C22H31N3OS. The molecule has 4 nitrogen and oxygen atoms in total. The molecule has 1 saturated heterocycles. The van der Waals surface area contributed by atoms with Gasteiger partial charge in [-0.15, -0.1) is 11.3 Å².